The van der Waals surface area contributed by atoms with Crippen molar-refractivity contribution in [2.75, 3.05) is 26.2 Å². The Hall–Kier alpha value is -0.120. The molecule has 3 rings (SSSR count). The van der Waals surface area contributed by atoms with Crippen LogP contribution in [0.5, 0.6) is 0 Å². The minimum absolute atomic E-state index is 0.743. The van der Waals surface area contributed by atoms with Gasteiger partial charge in [0.15, 0.2) is 0 Å². The Morgan fingerprint density at radius 1 is 1.21 bits per heavy atom. The van der Waals surface area contributed by atoms with Crippen LogP contribution in [0.25, 0.3) is 0 Å². The molecule has 0 radical (unpaired) electrons. The predicted octanol–water partition coefficient (Wildman–Crippen LogP) is 2.08. The summed E-state index contributed by atoms with van der Waals surface area (Å²) in [6.07, 6.45) is 8.34. The van der Waals surface area contributed by atoms with E-state index in [1.54, 1.807) is 0 Å². The van der Waals surface area contributed by atoms with Crippen LogP contribution < -0.4 is 5.32 Å². The van der Waals surface area contributed by atoms with E-state index in [1.165, 1.54) is 64.7 Å². The second kappa shape index (κ2) is 6.11. The lowest BCUT2D eigenvalue weighted by Gasteiger charge is -2.46. The number of piperazine rings is 1. The second-order valence-corrected chi connectivity index (χ2v) is 6.96. The van der Waals surface area contributed by atoms with Gasteiger partial charge in [-0.1, -0.05) is 13.3 Å². The molecule has 0 aromatic heterocycles. The molecule has 3 nitrogen and oxygen atoms in total. The third-order valence-electron chi connectivity index (χ3n) is 5.30. The molecule has 2 aliphatic heterocycles. The zero-order valence-electron chi connectivity index (χ0n) is 12.8. The molecule has 2 heterocycles. The Balaban J connectivity index is 1.58. The average Bonchev–Trinajstić information content (AvgIpc) is 3.12. The maximum Gasteiger partial charge on any atom is 0.0224 e. The highest BCUT2D eigenvalue weighted by atomic mass is 15.3. The largest absolute Gasteiger partial charge is 0.312 e. The standard InChI is InChI=1S/C16H31N3/c1-3-5-15(10-17-14-7-8-14)19-12-16-6-4-9-18(16)11-13(19)2/h13-17H,3-12H2,1-2H3. The molecule has 1 N–H and O–H groups in total. The normalized spacial score (nSPS) is 34.4. The molecule has 3 atom stereocenters. The summed E-state index contributed by atoms with van der Waals surface area (Å²) in [7, 11) is 0. The average molecular weight is 265 g/mol. The maximum atomic E-state index is 3.76. The van der Waals surface area contributed by atoms with Gasteiger partial charge in [-0.2, -0.15) is 0 Å². The molecular formula is C16H31N3. The van der Waals surface area contributed by atoms with E-state index in [-0.39, 0.29) is 0 Å². The lowest BCUT2D eigenvalue weighted by atomic mass is 10.0. The zero-order valence-corrected chi connectivity index (χ0v) is 12.8. The number of hydrogen-bond acceptors (Lipinski definition) is 3. The summed E-state index contributed by atoms with van der Waals surface area (Å²) in [4.78, 5) is 5.56. The number of rotatable bonds is 6. The van der Waals surface area contributed by atoms with Gasteiger partial charge in [0.2, 0.25) is 0 Å². The van der Waals surface area contributed by atoms with Crippen LogP contribution in [0.2, 0.25) is 0 Å². The molecule has 2 saturated heterocycles. The first kappa shape index (κ1) is 13.8. The minimum Gasteiger partial charge on any atom is -0.312 e. The fraction of sp³-hybridized carbons (Fsp3) is 1.00. The summed E-state index contributed by atoms with van der Waals surface area (Å²) in [5.74, 6) is 0. The Bertz CT molecular complexity index is 290. The molecule has 1 aliphatic carbocycles. The molecule has 3 aliphatic rings. The lowest BCUT2D eigenvalue weighted by Crippen LogP contribution is -2.59. The van der Waals surface area contributed by atoms with Crippen LogP contribution in [0, 0.1) is 0 Å². The summed E-state index contributed by atoms with van der Waals surface area (Å²) in [5.41, 5.74) is 0. The van der Waals surface area contributed by atoms with E-state index in [0.717, 1.165) is 24.2 Å². The first-order valence-corrected chi connectivity index (χ1v) is 8.51. The van der Waals surface area contributed by atoms with Gasteiger partial charge in [-0.05, 0) is 45.6 Å². The molecular weight excluding hydrogens is 234 g/mol. The van der Waals surface area contributed by atoms with Crippen LogP contribution in [0.3, 0.4) is 0 Å². The third-order valence-corrected chi connectivity index (χ3v) is 5.30. The van der Waals surface area contributed by atoms with Gasteiger partial charge in [-0.15, -0.1) is 0 Å². The van der Waals surface area contributed by atoms with Gasteiger partial charge >= 0.3 is 0 Å². The van der Waals surface area contributed by atoms with E-state index in [2.05, 4.69) is 29.0 Å². The van der Waals surface area contributed by atoms with Gasteiger partial charge in [0.05, 0.1) is 0 Å². The van der Waals surface area contributed by atoms with Crippen molar-refractivity contribution in [1.29, 1.82) is 0 Å². The lowest BCUT2D eigenvalue weighted by molar-refractivity contribution is 0.0248. The van der Waals surface area contributed by atoms with Crippen LogP contribution in [-0.4, -0.2) is 60.1 Å². The van der Waals surface area contributed by atoms with Crippen molar-refractivity contribution < 1.29 is 0 Å². The van der Waals surface area contributed by atoms with E-state index in [1.807, 2.05) is 0 Å². The molecule has 0 aromatic carbocycles. The molecule has 3 unspecified atom stereocenters. The van der Waals surface area contributed by atoms with Crippen LogP contribution in [0.15, 0.2) is 0 Å². The van der Waals surface area contributed by atoms with E-state index < -0.39 is 0 Å². The number of hydrogen-bond donors (Lipinski definition) is 1. The summed E-state index contributed by atoms with van der Waals surface area (Å²) in [5, 5.41) is 3.76. The fourth-order valence-electron chi connectivity index (χ4n) is 4.03. The Kier molecular flexibility index (Phi) is 4.45. The number of nitrogens with one attached hydrogen (secondary N) is 1. The molecule has 0 bridgehead atoms. The fourth-order valence-corrected chi connectivity index (χ4v) is 4.03. The highest BCUT2D eigenvalue weighted by molar-refractivity contribution is 4.94. The minimum atomic E-state index is 0.743. The monoisotopic (exact) mass is 265 g/mol. The summed E-state index contributed by atoms with van der Waals surface area (Å²) < 4.78 is 0. The summed E-state index contributed by atoms with van der Waals surface area (Å²) in [6.45, 7) is 9.96. The first-order valence-electron chi connectivity index (χ1n) is 8.51. The maximum absolute atomic E-state index is 3.76. The van der Waals surface area contributed by atoms with E-state index >= 15 is 0 Å². The van der Waals surface area contributed by atoms with Gasteiger partial charge in [0, 0.05) is 43.8 Å². The molecule has 3 heteroatoms. The molecule has 19 heavy (non-hydrogen) atoms. The molecule has 0 aromatic rings. The van der Waals surface area contributed by atoms with E-state index in [9.17, 15) is 0 Å². The van der Waals surface area contributed by atoms with Crippen molar-refractivity contribution in [3.63, 3.8) is 0 Å². The van der Waals surface area contributed by atoms with Crippen LogP contribution in [0.1, 0.15) is 52.4 Å². The van der Waals surface area contributed by atoms with Gasteiger partial charge in [0.25, 0.3) is 0 Å². The van der Waals surface area contributed by atoms with Gasteiger partial charge < -0.3 is 5.32 Å². The molecule has 1 saturated carbocycles. The highest BCUT2D eigenvalue weighted by Crippen LogP contribution is 2.27. The van der Waals surface area contributed by atoms with Crippen molar-refractivity contribution in [3.05, 3.63) is 0 Å². The van der Waals surface area contributed by atoms with Crippen molar-refractivity contribution >= 4 is 0 Å². The van der Waals surface area contributed by atoms with Crippen molar-refractivity contribution in [1.82, 2.24) is 15.1 Å². The smallest absolute Gasteiger partial charge is 0.0224 e. The Labute approximate surface area is 118 Å². The first-order chi connectivity index (χ1) is 9.28. The topological polar surface area (TPSA) is 18.5 Å². The summed E-state index contributed by atoms with van der Waals surface area (Å²) in [6, 6.07) is 3.22. The van der Waals surface area contributed by atoms with Crippen LogP contribution in [0.4, 0.5) is 0 Å². The van der Waals surface area contributed by atoms with Crippen molar-refractivity contribution in [2.45, 2.75) is 76.5 Å². The zero-order chi connectivity index (χ0) is 13.2. The summed E-state index contributed by atoms with van der Waals surface area (Å²) >= 11 is 0. The van der Waals surface area contributed by atoms with Crippen molar-refractivity contribution in [3.8, 4) is 0 Å². The van der Waals surface area contributed by atoms with Crippen LogP contribution >= 0.6 is 0 Å². The molecule has 0 spiro atoms. The SMILES string of the molecule is CCCC(CNC1CC1)N1CC2CCCN2CC1C. The molecule has 0 amide bonds. The Morgan fingerprint density at radius 3 is 2.79 bits per heavy atom. The quantitative estimate of drug-likeness (QED) is 0.793. The number of nitrogens with zero attached hydrogens (tertiary/aromatic N) is 2. The van der Waals surface area contributed by atoms with E-state index in [0.29, 0.717) is 0 Å². The van der Waals surface area contributed by atoms with Crippen molar-refractivity contribution in [2.24, 2.45) is 0 Å². The highest BCUT2D eigenvalue weighted by Gasteiger charge is 2.37. The van der Waals surface area contributed by atoms with Gasteiger partial charge in [0.1, 0.15) is 0 Å². The van der Waals surface area contributed by atoms with E-state index in [4.69, 9.17) is 0 Å². The third kappa shape index (κ3) is 3.32. The van der Waals surface area contributed by atoms with Gasteiger partial charge in [-0.3, -0.25) is 9.80 Å². The Morgan fingerprint density at radius 2 is 2.05 bits per heavy atom. The second-order valence-electron chi connectivity index (χ2n) is 6.96. The number of fused-ring (bicyclic) bond motifs is 1. The molecule has 110 valence electrons. The predicted molar refractivity (Wildman–Crippen MR) is 80.5 cm³/mol. The van der Waals surface area contributed by atoms with Gasteiger partial charge in [-0.25, -0.2) is 0 Å². The molecule has 3 fully saturated rings. The van der Waals surface area contributed by atoms with Crippen LogP contribution in [-0.2, 0) is 0 Å².